The zero-order valence-electron chi connectivity index (χ0n) is 10.9. The third-order valence-corrected chi connectivity index (χ3v) is 2.79. The Labute approximate surface area is 117 Å². The highest BCUT2D eigenvalue weighted by atomic mass is 35.5. The molecule has 0 aliphatic carbocycles. The van der Waals surface area contributed by atoms with Gasteiger partial charge < -0.3 is 14.6 Å². The normalized spacial score (nSPS) is 10.6. The Kier molecular flexibility index (Phi) is 5.24. The molecule has 1 N–H and O–H groups in total. The summed E-state index contributed by atoms with van der Waals surface area (Å²) in [6, 6.07) is 9.12. The van der Waals surface area contributed by atoms with E-state index in [1.54, 1.807) is 12.1 Å². The van der Waals surface area contributed by atoms with Crippen molar-refractivity contribution in [3.05, 3.63) is 46.8 Å². The van der Waals surface area contributed by atoms with Crippen LogP contribution in [-0.2, 0) is 13.2 Å². The molecule has 0 radical (unpaired) electrons. The van der Waals surface area contributed by atoms with Crippen LogP contribution in [0, 0.1) is 0 Å². The summed E-state index contributed by atoms with van der Waals surface area (Å²) in [5.74, 6) is 1.47. The molecule has 0 saturated heterocycles. The predicted octanol–water partition coefficient (Wildman–Crippen LogP) is 3.41. The van der Waals surface area contributed by atoms with E-state index < -0.39 is 0 Å². The summed E-state index contributed by atoms with van der Waals surface area (Å²) >= 11 is 5.80. The molecule has 0 bridgehead atoms. The van der Waals surface area contributed by atoms with Crippen molar-refractivity contribution in [1.29, 1.82) is 0 Å². The zero-order chi connectivity index (χ0) is 13.5. The second-order valence-corrected chi connectivity index (χ2v) is 4.64. The van der Waals surface area contributed by atoms with Gasteiger partial charge >= 0.3 is 0 Å². The lowest BCUT2D eigenvalue weighted by atomic mass is 10.3. The van der Waals surface area contributed by atoms with Crippen molar-refractivity contribution in [1.82, 2.24) is 10.5 Å². The van der Waals surface area contributed by atoms with Crippen molar-refractivity contribution in [2.24, 2.45) is 0 Å². The maximum atomic E-state index is 5.80. The van der Waals surface area contributed by atoms with Crippen molar-refractivity contribution in [2.45, 2.75) is 26.5 Å². The van der Waals surface area contributed by atoms with Gasteiger partial charge in [-0.1, -0.05) is 23.7 Å². The fourth-order valence-corrected chi connectivity index (χ4v) is 1.71. The molecule has 19 heavy (non-hydrogen) atoms. The Hall–Kier alpha value is -1.52. The number of aromatic nitrogens is 1. The summed E-state index contributed by atoms with van der Waals surface area (Å²) in [5.41, 5.74) is 0.892. The molecule has 1 heterocycles. The van der Waals surface area contributed by atoms with Gasteiger partial charge in [0.05, 0.1) is 5.69 Å². The van der Waals surface area contributed by atoms with Crippen molar-refractivity contribution in [2.75, 3.05) is 6.54 Å². The van der Waals surface area contributed by atoms with E-state index in [0.717, 1.165) is 31.0 Å². The van der Waals surface area contributed by atoms with Gasteiger partial charge in [-0.05, 0) is 37.2 Å². The van der Waals surface area contributed by atoms with E-state index in [0.29, 0.717) is 17.4 Å². The van der Waals surface area contributed by atoms with Crippen molar-refractivity contribution in [3.8, 4) is 5.75 Å². The molecule has 0 atom stereocenters. The number of benzene rings is 1. The van der Waals surface area contributed by atoms with E-state index >= 15 is 0 Å². The summed E-state index contributed by atoms with van der Waals surface area (Å²) in [7, 11) is 0. The molecule has 0 saturated carbocycles. The number of halogens is 1. The van der Waals surface area contributed by atoms with Crippen LogP contribution < -0.4 is 10.1 Å². The number of rotatable bonds is 7. The molecule has 0 aliphatic heterocycles. The third kappa shape index (κ3) is 4.58. The molecule has 2 aromatic rings. The molecule has 0 fully saturated rings. The SMILES string of the molecule is CCCNCc1cc(COc2ccc(Cl)cc2)on1. The number of hydrogen-bond acceptors (Lipinski definition) is 4. The van der Waals surface area contributed by atoms with Gasteiger partial charge in [-0.25, -0.2) is 0 Å². The van der Waals surface area contributed by atoms with Gasteiger partial charge in [0.25, 0.3) is 0 Å². The first-order valence-corrected chi connectivity index (χ1v) is 6.69. The van der Waals surface area contributed by atoms with Crippen LogP contribution in [0.3, 0.4) is 0 Å². The number of ether oxygens (including phenoxy) is 1. The van der Waals surface area contributed by atoms with Crippen LogP contribution in [0.15, 0.2) is 34.9 Å². The minimum absolute atomic E-state index is 0.364. The summed E-state index contributed by atoms with van der Waals surface area (Å²) in [4.78, 5) is 0. The first-order valence-electron chi connectivity index (χ1n) is 6.31. The lowest BCUT2D eigenvalue weighted by Crippen LogP contribution is -2.13. The van der Waals surface area contributed by atoms with Gasteiger partial charge in [-0.3, -0.25) is 0 Å². The summed E-state index contributed by atoms with van der Waals surface area (Å²) in [5, 5.41) is 7.93. The van der Waals surface area contributed by atoms with Crippen LogP contribution in [0.25, 0.3) is 0 Å². The topological polar surface area (TPSA) is 47.3 Å². The van der Waals surface area contributed by atoms with Crippen LogP contribution in [0.5, 0.6) is 5.75 Å². The molecule has 1 aromatic heterocycles. The van der Waals surface area contributed by atoms with Crippen molar-refractivity contribution < 1.29 is 9.26 Å². The van der Waals surface area contributed by atoms with E-state index in [2.05, 4.69) is 17.4 Å². The number of nitrogens with one attached hydrogen (secondary N) is 1. The molecular formula is C14H17ClN2O2. The quantitative estimate of drug-likeness (QED) is 0.790. The van der Waals surface area contributed by atoms with Crippen LogP contribution >= 0.6 is 11.6 Å². The molecule has 5 heteroatoms. The van der Waals surface area contributed by atoms with Gasteiger partial charge in [-0.15, -0.1) is 0 Å². The van der Waals surface area contributed by atoms with Crippen LogP contribution in [0.2, 0.25) is 5.02 Å². The fourth-order valence-electron chi connectivity index (χ4n) is 1.59. The predicted molar refractivity (Wildman–Crippen MR) is 74.3 cm³/mol. The van der Waals surface area contributed by atoms with Gasteiger partial charge in [0.1, 0.15) is 12.4 Å². The largest absolute Gasteiger partial charge is 0.486 e. The van der Waals surface area contributed by atoms with Crippen molar-refractivity contribution in [3.63, 3.8) is 0 Å². The van der Waals surface area contributed by atoms with E-state index in [1.807, 2.05) is 18.2 Å². The second-order valence-electron chi connectivity index (χ2n) is 4.20. The van der Waals surface area contributed by atoms with Gasteiger partial charge in [0.15, 0.2) is 5.76 Å². The Morgan fingerprint density at radius 1 is 1.32 bits per heavy atom. The van der Waals surface area contributed by atoms with Crippen LogP contribution in [-0.4, -0.2) is 11.7 Å². The summed E-state index contributed by atoms with van der Waals surface area (Å²) in [6.45, 7) is 4.19. The maximum absolute atomic E-state index is 5.80. The minimum Gasteiger partial charge on any atom is -0.486 e. The van der Waals surface area contributed by atoms with E-state index in [9.17, 15) is 0 Å². The number of hydrogen-bond donors (Lipinski definition) is 1. The second kappa shape index (κ2) is 7.16. The van der Waals surface area contributed by atoms with E-state index in [4.69, 9.17) is 20.9 Å². The minimum atomic E-state index is 0.364. The average molecular weight is 281 g/mol. The van der Waals surface area contributed by atoms with E-state index in [1.165, 1.54) is 0 Å². The average Bonchev–Trinajstić information content (AvgIpc) is 2.86. The lowest BCUT2D eigenvalue weighted by molar-refractivity contribution is 0.248. The highest BCUT2D eigenvalue weighted by molar-refractivity contribution is 6.30. The Bertz CT molecular complexity index is 496. The van der Waals surface area contributed by atoms with Crippen LogP contribution in [0.4, 0.5) is 0 Å². The Morgan fingerprint density at radius 3 is 2.84 bits per heavy atom. The van der Waals surface area contributed by atoms with Crippen molar-refractivity contribution >= 4 is 11.6 Å². The maximum Gasteiger partial charge on any atom is 0.174 e. The smallest absolute Gasteiger partial charge is 0.174 e. The van der Waals surface area contributed by atoms with Gasteiger partial charge in [0, 0.05) is 17.6 Å². The molecule has 0 aliphatic rings. The Morgan fingerprint density at radius 2 is 2.11 bits per heavy atom. The summed E-state index contributed by atoms with van der Waals surface area (Å²) < 4.78 is 10.8. The molecule has 102 valence electrons. The van der Waals surface area contributed by atoms with Gasteiger partial charge in [0.2, 0.25) is 0 Å². The van der Waals surface area contributed by atoms with Gasteiger partial charge in [-0.2, -0.15) is 0 Å². The number of nitrogens with zero attached hydrogens (tertiary/aromatic N) is 1. The van der Waals surface area contributed by atoms with E-state index in [-0.39, 0.29) is 0 Å². The highest BCUT2D eigenvalue weighted by Gasteiger charge is 2.04. The molecule has 2 rings (SSSR count). The summed E-state index contributed by atoms with van der Waals surface area (Å²) in [6.07, 6.45) is 1.10. The fraction of sp³-hybridized carbons (Fsp3) is 0.357. The first-order chi connectivity index (χ1) is 9.28. The molecule has 0 amide bonds. The first kappa shape index (κ1) is 13.9. The highest BCUT2D eigenvalue weighted by Crippen LogP contribution is 2.17. The zero-order valence-corrected chi connectivity index (χ0v) is 11.6. The third-order valence-electron chi connectivity index (χ3n) is 2.54. The monoisotopic (exact) mass is 280 g/mol. The van der Waals surface area contributed by atoms with Crippen LogP contribution in [0.1, 0.15) is 24.8 Å². The standard InChI is InChI=1S/C14H17ClN2O2/c1-2-7-16-9-12-8-14(19-17-12)10-18-13-5-3-11(15)4-6-13/h3-6,8,16H,2,7,9-10H2,1H3. The molecule has 4 nitrogen and oxygen atoms in total. The Balaban J connectivity index is 1.81. The molecule has 1 aromatic carbocycles. The molecule has 0 spiro atoms. The lowest BCUT2D eigenvalue weighted by Gasteiger charge is -2.02. The molecular weight excluding hydrogens is 264 g/mol. The molecule has 0 unspecified atom stereocenters.